The van der Waals surface area contributed by atoms with Gasteiger partial charge in [0.2, 0.25) is 0 Å². The fraction of sp³-hybridized carbons (Fsp3) is 0.154. The Bertz CT molecular complexity index is 1230. The first-order chi connectivity index (χ1) is 16.0. The zero-order valence-electron chi connectivity index (χ0n) is 18.5. The molecule has 1 N–H and O–H groups in total. The summed E-state index contributed by atoms with van der Waals surface area (Å²) >= 11 is 6.05. The van der Waals surface area contributed by atoms with Gasteiger partial charge >= 0.3 is 0 Å². The van der Waals surface area contributed by atoms with Crippen molar-refractivity contribution in [3.63, 3.8) is 0 Å². The van der Waals surface area contributed by atoms with Crippen LogP contribution in [0.5, 0.6) is 11.5 Å². The van der Waals surface area contributed by atoms with E-state index in [9.17, 15) is 9.59 Å². The highest BCUT2D eigenvalue weighted by Gasteiger charge is 2.40. The maximum absolute atomic E-state index is 13.5. The van der Waals surface area contributed by atoms with Crippen LogP contribution in [0.1, 0.15) is 18.1 Å². The number of ether oxygens (including phenoxy) is 2. The first kappa shape index (κ1) is 22.4. The second kappa shape index (κ2) is 9.38. The lowest BCUT2D eigenvalue weighted by Crippen LogP contribution is -2.32. The minimum absolute atomic E-state index is 0.158. The van der Waals surface area contributed by atoms with E-state index in [1.165, 1.54) is 12.0 Å². The number of methoxy groups -OCH3 is 2. The Hall–Kier alpha value is -3.77. The molecule has 3 aromatic carbocycles. The molecule has 0 radical (unpaired) electrons. The minimum Gasteiger partial charge on any atom is -0.497 e. The van der Waals surface area contributed by atoms with Gasteiger partial charge in [0.25, 0.3) is 11.8 Å². The number of anilines is 2. The maximum atomic E-state index is 13.5. The molecule has 33 heavy (non-hydrogen) atoms. The highest BCUT2D eigenvalue weighted by Crippen LogP contribution is 2.37. The molecule has 1 heterocycles. The molecule has 0 atom stereocenters. The summed E-state index contributed by atoms with van der Waals surface area (Å²) in [5, 5.41) is 3.67. The molecule has 0 spiro atoms. The van der Waals surface area contributed by atoms with Gasteiger partial charge in [-0.2, -0.15) is 0 Å². The predicted octanol–water partition coefficient (Wildman–Crippen LogP) is 5.32. The van der Waals surface area contributed by atoms with Crippen LogP contribution in [0.4, 0.5) is 11.4 Å². The molecule has 0 bridgehead atoms. The quantitative estimate of drug-likeness (QED) is 0.481. The van der Waals surface area contributed by atoms with Crippen LogP contribution in [-0.4, -0.2) is 26.0 Å². The Morgan fingerprint density at radius 3 is 2.18 bits per heavy atom. The maximum Gasteiger partial charge on any atom is 0.282 e. The molecule has 2 amide bonds. The number of amides is 2. The number of rotatable bonds is 7. The third-order valence-electron chi connectivity index (χ3n) is 5.49. The van der Waals surface area contributed by atoms with Gasteiger partial charge in [-0.05, 0) is 53.9 Å². The van der Waals surface area contributed by atoms with Crippen molar-refractivity contribution in [3.8, 4) is 11.5 Å². The minimum atomic E-state index is -0.452. The number of hydrogen-bond acceptors (Lipinski definition) is 5. The first-order valence-electron chi connectivity index (χ1n) is 10.4. The highest BCUT2D eigenvalue weighted by atomic mass is 35.5. The van der Waals surface area contributed by atoms with Crippen molar-refractivity contribution in [3.05, 3.63) is 88.6 Å². The van der Waals surface area contributed by atoms with Crippen molar-refractivity contribution >= 4 is 40.4 Å². The number of hydrogen-bond donors (Lipinski definition) is 1. The van der Waals surface area contributed by atoms with Gasteiger partial charge in [-0.3, -0.25) is 9.59 Å². The van der Waals surface area contributed by atoms with Gasteiger partial charge in [-0.15, -0.1) is 0 Å². The number of carbonyl (C=O) groups is 2. The number of nitrogens with zero attached hydrogens (tertiary/aromatic N) is 1. The lowest BCUT2D eigenvalue weighted by Gasteiger charge is -2.16. The average molecular weight is 463 g/mol. The van der Waals surface area contributed by atoms with Gasteiger partial charge in [-0.1, -0.05) is 42.8 Å². The average Bonchev–Trinajstić information content (AvgIpc) is 3.09. The Morgan fingerprint density at radius 1 is 0.879 bits per heavy atom. The number of imide groups is 1. The SMILES string of the molecule is CCc1ccc(N2C(=O)C(Nc3ccc(OC)cc3OC)=C(c3ccc(Cl)cc3)C2=O)cc1. The molecule has 6 nitrogen and oxygen atoms in total. The smallest absolute Gasteiger partial charge is 0.282 e. The van der Waals surface area contributed by atoms with Crippen molar-refractivity contribution in [2.75, 3.05) is 24.4 Å². The van der Waals surface area contributed by atoms with Gasteiger partial charge in [0.1, 0.15) is 17.2 Å². The van der Waals surface area contributed by atoms with Crippen molar-refractivity contribution < 1.29 is 19.1 Å². The molecule has 0 saturated carbocycles. The van der Waals surface area contributed by atoms with E-state index in [1.807, 2.05) is 19.1 Å². The molecule has 0 fully saturated rings. The van der Waals surface area contributed by atoms with Crippen LogP contribution in [0.25, 0.3) is 5.57 Å². The van der Waals surface area contributed by atoms with E-state index in [0.29, 0.717) is 33.5 Å². The molecule has 7 heteroatoms. The third-order valence-corrected chi connectivity index (χ3v) is 5.74. The van der Waals surface area contributed by atoms with Crippen LogP contribution in [0, 0.1) is 0 Å². The lowest BCUT2D eigenvalue weighted by molar-refractivity contribution is -0.120. The fourth-order valence-corrected chi connectivity index (χ4v) is 3.81. The van der Waals surface area contributed by atoms with Crippen LogP contribution in [0.2, 0.25) is 5.02 Å². The Balaban J connectivity index is 1.81. The standard InChI is InChI=1S/C26H23ClN2O4/c1-4-16-5-11-19(12-6-16)29-25(30)23(17-7-9-18(27)10-8-17)24(26(29)31)28-21-14-13-20(32-2)15-22(21)33-3/h5-15,28H,4H2,1-3H3. The van der Waals surface area contributed by atoms with Gasteiger partial charge in [0, 0.05) is 11.1 Å². The van der Waals surface area contributed by atoms with Crippen molar-refractivity contribution in [2.24, 2.45) is 0 Å². The summed E-state index contributed by atoms with van der Waals surface area (Å²) in [5.41, 5.74) is 3.15. The summed E-state index contributed by atoms with van der Waals surface area (Å²) in [4.78, 5) is 28.3. The number of aryl methyl sites for hydroxylation is 1. The number of carbonyl (C=O) groups excluding carboxylic acids is 2. The van der Waals surface area contributed by atoms with Crippen LogP contribution < -0.4 is 19.7 Å². The molecule has 1 aliphatic rings. The van der Waals surface area contributed by atoms with E-state index in [1.54, 1.807) is 61.7 Å². The monoisotopic (exact) mass is 462 g/mol. The summed E-state index contributed by atoms with van der Waals surface area (Å²) < 4.78 is 10.7. The lowest BCUT2D eigenvalue weighted by atomic mass is 10.0. The number of halogens is 1. The Morgan fingerprint density at radius 2 is 1.58 bits per heavy atom. The molecule has 168 valence electrons. The van der Waals surface area contributed by atoms with E-state index in [4.69, 9.17) is 21.1 Å². The fourth-order valence-electron chi connectivity index (χ4n) is 3.68. The first-order valence-corrected chi connectivity index (χ1v) is 10.8. The predicted molar refractivity (Wildman–Crippen MR) is 130 cm³/mol. The van der Waals surface area contributed by atoms with E-state index in [0.717, 1.165) is 12.0 Å². The van der Waals surface area contributed by atoms with E-state index in [-0.39, 0.29) is 11.3 Å². The molecule has 0 saturated heterocycles. The summed E-state index contributed by atoms with van der Waals surface area (Å²) in [7, 11) is 3.08. The van der Waals surface area contributed by atoms with Crippen LogP contribution >= 0.6 is 11.6 Å². The van der Waals surface area contributed by atoms with Gasteiger partial charge < -0.3 is 14.8 Å². The number of nitrogens with one attached hydrogen (secondary N) is 1. The third kappa shape index (κ3) is 4.30. The molecular formula is C26H23ClN2O4. The van der Waals surface area contributed by atoms with E-state index >= 15 is 0 Å². The zero-order chi connectivity index (χ0) is 23.5. The zero-order valence-corrected chi connectivity index (χ0v) is 19.3. The van der Waals surface area contributed by atoms with E-state index in [2.05, 4.69) is 5.32 Å². The van der Waals surface area contributed by atoms with Crippen molar-refractivity contribution in [2.45, 2.75) is 13.3 Å². The largest absolute Gasteiger partial charge is 0.497 e. The summed E-state index contributed by atoms with van der Waals surface area (Å²) in [6.45, 7) is 2.05. The summed E-state index contributed by atoms with van der Waals surface area (Å²) in [6, 6.07) is 19.4. The normalized spacial score (nSPS) is 13.5. The van der Waals surface area contributed by atoms with Crippen LogP contribution in [0.3, 0.4) is 0 Å². The second-order valence-electron chi connectivity index (χ2n) is 7.41. The summed E-state index contributed by atoms with van der Waals surface area (Å²) in [5.74, 6) is 0.215. The van der Waals surface area contributed by atoms with E-state index < -0.39 is 11.8 Å². The molecular weight excluding hydrogens is 440 g/mol. The molecule has 0 aromatic heterocycles. The van der Waals surface area contributed by atoms with Gasteiger partial charge in [0.05, 0.1) is 31.2 Å². The van der Waals surface area contributed by atoms with Crippen LogP contribution in [-0.2, 0) is 16.0 Å². The summed E-state index contributed by atoms with van der Waals surface area (Å²) in [6.07, 6.45) is 0.862. The Labute approximate surface area is 197 Å². The topological polar surface area (TPSA) is 67.9 Å². The second-order valence-corrected chi connectivity index (χ2v) is 7.85. The molecule has 0 aliphatic carbocycles. The molecule has 3 aromatic rings. The molecule has 4 rings (SSSR count). The number of benzene rings is 3. The van der Waals surface area contributed by atoms with Crippen LogP contribution in [0.15, 0.2) is 72.4 Å². The highest BCUT2D eigenvalue weighted by molar-refractivity contribution is 6.46. The molecule has 1 aliphatic heterocycles. The van der Waals surface area contributed by atoms with Gasteiger partial charge in [0.15, 0.2) is 0 Å². The Kier molecular flexibility index (Phi) is 6.38. The van der Waals surface area contributed by atoms with Crippen molar-refractivity contribution in [1.82, 2.24) is 0 Å². The van der Waals surface area contributed by atoms with Gasteiger partial charge in [-0.25, -0.2) is 4.90 Å². The molecule has 0 unspecified atom stereocenters. The van der Waals surface area contributed by atoms with Crippen molar-refractivity contribution in [1.29, 1.82) is 0 Å².